The van der Waals surface area contributed by atoms with Crippen molar-refractivity contribution in [3.63, 3.8) is 0 Å². The van der Waals surface area contributed by atoms with Crippen LogP contribution in [0, 0.1) is 0 Å². The number of amides is 1. The van der Waals surface area contributed by atoms with E-state index < -0.39 is 0 Å². The molecule has 0 saturated carbocycles. The van der Waals surface area contributed by atoms with Gasteiger partial charge in [0.1, 0.15) is 5.75 Å². The van der Waals surface area contributed by atoms with Crippen LogP contribution in [-0.4, -0.2) is 41.6 Å². The topological polar surface area (TPSA) is 52.6 Å². The van der Waals surface area contributed by atoms with Crippen molar-refractivity contribution in [1.29, 1.82) is 0 Å². The molecule has 1 aromatic rings. The van der Waals surface area contributed by atoms with Gasteiger partial charge >= 0.3 is 0 Å². The lowest BCUT2D eigenvalue weighted by atomic mass is 10.1. The molecule has 1 unspecified atom stereocenters. The quantitative estimate of drug-likeness (QED) is 0.774. The zero-order chi connectivity index (χ0) is 15.8. The van der Waals surface area contributed by atoms with Gasteiger partial charge in [0.05, 0.1) is 5.56 Å². The van der Waals surface area contributed by atoms with Crippen LogP contribution >= 0.6 is 11.6 Å². The zero-order valence-electron chi connectivity index (χ0n) is 13.0. The monoisotopic (exact) mass is 312 g/mol. The number of hydrogen-bond acceptors (Lipinski definition) is 3. The molecule has 21 heavy (non-hydrogen) atoms. The van der Waals surface area contributed by atoms with Crippen LogP contribution in [0.25, 0.3) is 0 Å². The fraction of sp³-hybridized carbons (Fsp3) is 0.562. The van der Waals surface area contributed by atoms with Crippen molar-refractivity contribution in [2.45, 2.75) is 39.7 Å². The molecule has 0 aliphatic rings. The molecule has 0 aliphatic heterocycles. The van der Waals surface area contributed by atoms with Gasteiger partial charge in [-0.25, -0.2) is 0 Å². The highest BCUT2D eigenvalue weighted by molar-refractivity contribution is 6.30. The van der Waals surface area contributed by atoms with Crippen LogP contribution in [0.5, 0.6) is 5.75 Å². The molecule has 0 aliphatic carbocycles. The molecule has 5 heteroatoms. The second kappa shape index (κ2) is 8.90. The largest absolute Gasteiger partial charge is 0.507 e. The smallest absolute Gasteiger partial charge is 0.255 e. The average Bonchev–Trinajstić information content (AvgIpc) is 2.43. The van der Waals surface area contributed by atoms with Crippen molar-refractivity contribution in [3.8, 4) is 5.75 Å². The number of halogens is 1. The lowest BCUT2D eigenvalue weighted by molar-refractivity contribution is 0.0934. The van der Waals surface area contributed by atoms with Crippen LogP contribution in [0.3, 0.4) is 0 Å². The van der Waals surface area contributed by atoms with E-state index in [9.17, 15) is 9.90 Å². The minimum atomic E-state index is -0.264. The number of phenols is 1. The number of benzene rings is 1. The van der Waals surface area contributed by atoms with Gasteiger partial charge in [-0.1, -0.05) is 25.4 Å². The van der Waals surface area contributed by atoms with Crippen molar-refractivity contribution < 1.29 is 9.90 Å². The van der Waals surface area contributed by atoms with E-state index in [2.05, 4.69) is 24.1 Å². The first-order chi connectivity index (χ1) is 9.97. The van der Waals surface area contributed by atoms with Gasteiger partial charge in [0.15, 0.2) is 0 Å². The van der Waals surface area contributed by atoms with Crippen LogP contribution in [0.1, 0.15) is 44.0 Å². The van der Waals surface area contributed by atoms with E-state index >= 15 is 0 Å². The fourth-order valence-corrected chi connectivity index (χ4v) is 2.40. The number of hydrogen-bond donors (Lipinski definition) is 2. The van der Waals surface area contributed by atoms with Crippen molar-refractivity contribution in [1.82, 2.24) is 10.2 Å². The van der Waals surface area contributed by atoms with Crippen molar-refractivity contribution in [3.05, 3.63) is 28.8 Å². The number of nitrogens with zero attached hydrogens (tertiary/aromatic N) is 1. The molecule has 0 radical (unpaired) electrons. The summed E-state index contributed by atoms with van der Waals surface area (Å²) in [6.45, 7) is 9.42. The van der Waals surface area contributed by atoms with Crippen molar-refractivity contribution in [2.75, 3.05) is 19.6 Å². The number of carbonyl (C=O) groups is 1. The lowest BCUT2D eigenvalue weighted by Gasteiger charge is -2.20. The molecule has 4 nitrogen and oxygen atoms in total. The molecule has 0 fully saturated rings. The molecule has 1 aromatic carbocycles. The molecule has 0 bridgehead atoms. The minimum absolute atomic E-state index is 0.0724. The Kier molecular flexibility index (Phi) is 7.54. The molecule has 0 spiro atoms. The van der Waals surface area contributed by atoms with Gasteiger partial charge in [-0.05, 0) is 57.6 Å². The molecule has 118 valence electrons. The predicted octanol–water partition coefficient (Wildman–Crippen LogP) is 3.29. The molecule has 0 aromatic heterocycles. The number of rotatable bonds is 8. The summed E-state index contributed by atoms with van der Waals surface area (Å²) in [6.07, 6.45) is 1.95. The second-order valence-corrected chi connectivity index (χ2v) is 5.64. The Morgan fingerprint density at radius 1 is 1.38 bits per heavy atom. The van der Waals surface area contributed by atoms with Gasteiger partial charge in [-0.2, -0.15) is 0 Å². The molecule has 1 rings (SSSR count). The fourth-order valence-electron chi connectivity index (χ4n) is 2.23. The minimum Gasteiger partial charge on any atom is -0.507 e. The predicted molar refractivity (Wildman–Crippen MR) is 87.1 cm³/mol. The van der Waals surface area contributed by atoms with E-state index in [1.807, 2.05) is 6.92 Å². The van der Waals surface area contributed by atoms with Crippen LogP contribution < -0.4 is 5.32 Å². The van der Waals surface area contributed by atoms with Gasteiger partial charge in [0, 0.05) is 11.1 Å². The zero-order valence-corrected chi connectivity index (χ0v) is 13.8. The second-order valence-electron chi connectivity index (χ2n) is 5.21. The maximum atomic E-state index is 12.1. The SMILES string of the molecule is CCN(CC)CCCC(C)NC(=O)c1ccc(Cl)cc1O. The Bertz CT molecular complexity index is 462. The van der Waals surface area contributed by atoms with Gasteiger partial charge in [-0.15, -0.1) is 0 Å². The molecular weight excluding hydrogens is 288 g/mol. The van der Waals surface area contributed by atoms with Crippen molar-refractivity contribution >= 4 is 17.5 Å². The molecule has 2 N–H and O–H groups in total. The first kappa shape index (κ1) is 17.8. The van der Waals surface area contributed by atoms with Crippen LogP contribution in [0.15, 0.2) is 18.2 Å². The highest BCUT2D eigenvalue weighted by Gasteiger charge is 2.14. The highest BCUT2D eigenvalue weighted by Crippen LogP contribution is 2.21. The van der Waals surface area contributed by atoms with E-state index in [4.69, 9.17) is 11.6 Å². The average molecular weight is 313 g/mol. The first-order valence-corrected chi connectivity index (χ1v) is 7.87. The van der Waals surface area contributed by atoms with Crippen LogP contribution in [0.4, 0.5) is 0 Å². The van der Waals surface area contributed by atoms with Crippen LogP contribution in [0.2, 0.25) is 5.02 Å². The summed E-state index contributed by atoms with van der Waals surface area (Å²) in [5, 5.41) is 13.1. The van der Waals surface area contributed by atoms with Gasteiger partial charge in [0.2, 0.25) is 0 Å². The molecular formula is C16H25ClN2O2. The van der Waals surface area contributed by atoms with E-state index in [0.717, 1.165) is 32.5 Å². The Balaban J connectivity index is 2.43. The van der Waals surface area contributed by atoms with E-state index in [1.165, 1.54) is 12.1 Å². The maximum absolute atomic E-state index is 12.1. The third-order valence-electron chi connectivity index (χ3n) is 3.59. The van der Waals surface area contributed by atoms with Gasteiger partial charge in [-0.3, -0.25) is 4.79 Å². The number of carbonyl (C=O) groups excluding carboxylic acids is 1. The molecule has 1 atom stereocenters. The summed E-state index contributed by atoms with van der Waals surface area (Å²) >= 11 is 5.76. The normalized spacial score (nSPS) is 12.4. The number of aromatic hydroxyl groups is 1. The maximum Gasteiger partial charge on any atom is 0.255 e. The molecule has 0 saturated heterocycles. The standard InChI is InChI=1S/C16H25ClN2O2/c1-4-19(5-2)10-6-7-12(3)18-16(21)14-9-8-13(17)11-15(14)20/h8-9,11-12,20H,4-7,10H2,1-3H3,(H,18,21). The number of phenolic OH excluding ortho intramolecular Hbond substituents is 1. The first-order valence-electron chi connectivity index (χ1n) is 7.49. The molecule has 0 heterocycles. The summed E-state index contributed by atoms with van der Waals surface area (Å²) in [5.41, 5.74) is 0.259. The van der Waals surface area contributed by atoms with Crippen LogP contribution in [-0.2, 0) is 0 Å². The number of nitrogens with one attached hydrogen (secondary N) is 1. The highest BCUT2D eigenvalue weighted by atomic mass is 35.5. The van der Waals surface area contributed by atoms with E-state index in [1.54, 1.807) is 6.07 Å². The molecule has 1 amide bonds. The Labute approximate surface area is 132 Å². The Morgan fingerprint density at radius 3 is 2.62 bits per heavy atom. The summed E-state index contributed by atoms with van der Waals surface area (Å²) in [5.74, 6) is -0.352. The van der Waals surface area contributed by atoms with Gasteiger partial charge < -0.3 is 15.3 Å². The lowest BCUT2D eigenvalue weighted by Crippen LogP contribution is -2.33. The van der Waals surface area contributed by atoms with Gasteiger partial charge in [0.25, 0.3) is 5.91 Å². The summed E-state index contributed by atoms with van der Waals surface area (Å²) < 4.78 is 0. The Morgan fingerprint density at radius 2 is 2.05 bits per heavy atom. The van der Waals surface area contributed by atoms with E-state index in [0.29, 0.717) is 5.02 Å². The van der Waals surface area contributed by atoms with E-state index in [-0.39, 0.29) is 23.3 Å². The van der Waals surface area contributed by atoms with Crippen molar-refractivity contribution in [2.24, 2.45) is 0 Å². The summed E-state index contributed by atoms with van der Waals surface area (Å²) in [7, 11) is 0. The summed E-state index contributed by atoms with van der Waals surface area (Å²) in [6, 6.07) is 4.58. The third kappa shape index (κ3) is 5.94. The Hall–Kier alpha value is -1.26. The third-order valence-corrected chi connectivity index (χ3v) is 3.82. The summed E-state index contributed by atoms with van der Waals surface area (Å²) in [4.78, 5) is 14.4.